The predicted octanol–water partition coefficient (Wildman–Crippen LogP) is 1.98. The van der Waals surface area contributed by atoms with Crippen molar-refractivity contribution >= 4 is 15.9 Å². The number of benzene rings is 1. The molecule has 0 saturated carbocycles. The minimum atomic E-state index is -3.49. The number of amides is 1. The van der Waals surface area contributed by atoms with Crippen LogP contribution < -0.4 is 10.6 Å². The molecule has 6 nitrogen and oxygen atoms in total. The van der Waals surface area contributed by atoms with E-state index < -0.39 is 10.0 Å². The average Bonchev–Trinajstić information content (AvgIpc) is 2.61. The number of piperidine rings is 1. The molecule has 0 bridgehead atoms. The van der Waals surface area contributed by atoms with Gasteiger partial charge in [-0.2, -0.15) is 4.31 Å². The third-order valence-electron chi connectivity index (χ3n) is 4.48. The number of nitrogens with one attached hydrogen (secondary N) is 2. The number of rotatable bonds is 8. The summed E-state index contributed by atoms with van der Waals surface area (Å²) in [6, 6.07) is 6.24. The molecule has 0 radical (unpaired) electrons. The van der Waals surface area contributed by atoms with Crippen LogP contribution in [0.3, 0.4) is 0 Å². The van der Waals surface area contributed by atoms with Crippen LogP contribution in [0.1, 0.15) is 49.9 Å². The number of carbonyl (C=O) groups excluding carboxylic acids is 1. The zero-order valence-electron chi connectivity index (χ0n) is 15.1. The first-order valence-corrected chi connectivity index (χ1v) is 10.5. The van der Waals surface area contributed by atoms with Crippen molar-refractivity contribution in [2.75, 3.05) is 26.2 Å². The van der Waals surface area contributed by atoms with Gasteiger partial charge in [-0.05, 0) is 57.0 Å². The van der Waals surface area contributed by atoms with E-state index in [0.29, 0.717) is 18.7 Å². The molecular formula is C18H29N3O3S. The lowest BCUT2D eigenvalue weighted by atomic mass is 10.1. The Morgan fingerprint density at radius 2 is 1.88 bits per heavy atom. The molecule has 25 heavy (non-hydrogen) atoms. The normalized spacial score (nSPS) is 18.9. The SMILES string of the molecule is CCCNCCNC(=O)c1ccc(S(=O)(=O)N2CCCCC2C)cc1. The molecule has 1 heterocycles. The van der Waals surface area contributed by atoms with Crippen LogP contribution in [-0.2, 0) is 10.0 Å². The van der Waals surface area contributed by atoms with Crippen molar-refractivity contribution in [2.45, 2.75) is 50.5 Å². The Bertz CT molecular complexity index is 659. The van der Waals surface area contributed by atoms with Gasteiger partial charge in [0, 0.05) is 31.2 Å². The molecule has 1 aliphatic rings. The van der Waals surface area contributed by atoms with Crippen molar-refractivity contribution in [3.05, 3.63) is 29.8 Å². The first-order chi connectivity index (χ1) is 12.0. The van der Waals surface area contributed by atoms with Crippen molar-refractivity contribution in [3.63, 3.8) is 0 Å². The monoisotopic (exact) mass is 367 g/mol. The summed E-state index contributed by atoms with van der Waals surface area (Å²) < 4.78 is 27.1. The summed E-state index contributed by atoms with van der Waals surface area (Å²) in [5.41, 5.74) is 0.473. The second-order valence-electron chi connectivity index (χ2n) is 6.49. The van der Waals surface area contributed by atoms with E-state index in [9.17, 15) is 13.2 Å². The summed E-state index contributed by atoms with van der Waals surface area (Å²) in [4.78, 5) is 12.3. The fraction of sp³-hybridized carbons (Fsp3) is 0.611. The molecule has 0 spiro atoms. The van der Waals surface area contributed by atoms with Gasteiger partial charge in [0.05, 0.1) is 4.90 Å². The number of hydrogen-bond donors (Lipinski definition) is 2. The van der Waals surface area contributed by atoms with Gasteiger partial charge in [0.1, 0.15) is 0 Å². The van der Waals surface area contributed by atoms with Gasteiger partial charge >= 0.3 is 0 Å². The van der Waals surface area contributed by atoms with Crippen LogP contribution in [0, 0.1) is 0 Å². The molecule has 2 N–H and O–H groups in total. The lowest BCUT2D eigenvalue weighted by Crippen LogP contribution is -2.41. The molecule has 1 aliphatic heterocycles. The number of nitrogens with zero attached hydrogens (tertiary/aromatic N) is 1. The van der Waals surface area contributed by atoms with Crippen LogP contribution in [-0.4, -0.2) is 50.9 Å². The third kappa shape index (κ3) is 5.26. The Morgan fingerprint density at radius 1 is 1.16 bits per heavy atom. The first-order valence-electron chi connectivity index (χ1n) is 9.07. The van der Waals surface area contributed by atoms with E-state index in [1.54, 1.807) is 16.4 Å². The number of hydrogen-bond acceptors (Lipinski definition) is 4. The number of carbonyl (C=O) groups is 1. The van der Waals surface area contributed by atoms with Crippen LogP contribution >= 0.6 is 0 Å². The third-order valence-corrected chi connectivity index (χ3v) is 6.51. The van der Waals surface area contributed by atoms with Crippen LogP contribution in [0.4, 0.5) is 0 Å². The Balaban J connectivity index is 1.97. The Hall–Kier alpha value is -1.44. The molecule has 1 fully saturated rings. The van der Waals surface area contributed by atoms with E-state index >= 15 is 0 Å². The van der Waals surface area contributed by atoms with E-state index in [1.807, 2.05) is 6.92 Å². The van der Waals surface area contributed by atoms with Gasteiger partial charge in [-0.15, -0.1) is 0 Å². The van der Waals surface area contributed by atoms with E-state index in [0.717, 1.165) is 38.8 Å². The average molecular weight is 368 g/mol. The molecule has 1 atom stereocenters. The van der Waals surface area contributed by atoms with Gasteiger partial charge in [-0.25, -0.2) is 8.42 Å². The molecule has 1 saturated heterocycles. The standard InChI is InChI=1S/C18H29N3O3S/c1-3-11-19-12-13-20-18(22)16-7-9-17(10-8-16)25(23,24)21-14-5-4-6-15(21)2/h7-10,15,19H,3-6,11-14H2,1-2H3,(H,20,22). The molecule has 2 rings (SSSR count). The van der Waals surface area contributed by atoms with Crippen LogP contribution in [0.15, 0.2) is 29.2 Å². The van der Waals surface area contributed by atoms with Crippen LogP contribution in [0.5, 0.6) is 0 Å². The summed E-state index contributed by atoms with van der Waals surface area (Å²) in [7, 11) is -3.49. The second kappa shape index (κ2) is 9.31. The second-order valence-corrected chi connectivity index (χ2v) is 8.38. The largest absolute Gasteiger partial charge is 0.351 e. The molecule has 0 aliphatic carbocycles. The molecule has 1 unspecified atom stereocenters. The number of sulfonamides is 1. The highest BCUT2D eigenvalue weighted by atomic mass is 32.2. The van der Waals surface area contributed by atoms with Gasteiger partial charge < -0.3 is 10.6 Å². The highest BCUT2D eigenvalue weighted by Crippen LogP contribution is 2.25. The highest BCUT2D eigenvalue weighted by Gasteiger charge is 2.30. The minimum absolute atomic E-state index is 0.0253. The van der Waals surface area contributed by atoms with Crippen molar-refractivity contribution < 1.29 is 13.2 Å². The van der Waals surface area contributed by atoms with Crippen LogP contribution in [0.25, 0.3) is 0 Å². The zero-order valence-corrected chi connectivity index (χ0v) is 15.9. The van der Waals surface area contributed by atoms with Crippen molar-refractivity contribution in [1.82, 2.24) is 14.9 Å². The molecule has 140 valence electrons. The predicted molar refractivity (Wildman–Crippen MR) is 99.1 cm³/mol. The summed E-state index contributed by atoms with van der Waals surface area (Å²) >= 11 is 0. The maximum atomic E-state index is 12.8. The van der Waals surface area contributed by atoms with Gasteiger partial charge in [-0.3, -0.25) is 4.79 Å². The maximum Gasteiger partial charge on any atom is 0.251 e. The Labute approximate surface area is 151 Å². The van der Waals surface area contributed by atoms with E-state index in [-0.39, 0.29) is 16.8 Å². The fourth-order valence-electron chi connectivity index (χ4n) is 3.01. The van der Waals surface area contributed by atoms with Crippen molar-refractivity contribution in [3.8, 4) is 0 Å². The fourth-order valence-corrected chi connectivity index (χ4v) is 4.71. The lowest BCUT2D eigenvalue weighted by molar-refractivity contribution is 0.0954. The molecular weight excluding hydrogens is 338 g/mol. The molecule has 1 aromatic rings. The van der Waals surface area contributed by atoms with Crippen LogP contribution in [0.2, 0.25) is 0 Å². The van der Waals surface area contributed by atoms with Gasteiger partial charge in [0.2, 0.25) is 10.0 Å². The van der Waals surface area contributed by atoms with Crippen molar-refractivity contribution in [2.24, 2.45) is 0 Å². The smallest absolute Gasteiger partial charge is 0.251 e. The summed E-state index contributed by atoms with van der Waals surface area (Å²) in [5, 5.41) is 6.04. The van der Waals surface area contributed by atoms with Gasteiger partial charge in [-0.1, -0.05) is 13.3 Å². The molecule has 0 aromatic heterocycles. The maximum absolute atomic E-state index is 12.8. The van der Waals surface area contributed by atoms with Crippen molar-refractivity contribution in [1.29, 1.82) is 0 Å². The first kappa shape index (κ1) is 19.9. The minimum Gasteiger partial charge on any atom is -0.351 e. The quantitative estimate of drug-likeness (QED) is 0.689. The summed E-state index contributed by atoms with van der Waals surface area (Å²) in [6.07, 6.45) is 3.92. The zero-order chi connectivity index (χ0) is 18.3. The topological polar surface area (TPSA) is 78.5 Å². The lowest BCUT2D eigenvalue weighted by Gasteiger charge is -2.32. The Morgan fingerprint density at radius 3 is 2.52 bits per heavy atom. The van der Waals surface area contributed by atoms with E-state index in [2.05, 4.69) is 17.6 Å². The van der Waals surface area contributed by atoms with Gasteiger partial charge in [0.15, 0.2) is 0 Å². The molecule has 7 heteroatoms. The van der Waals surface area contributed by atoms with E-state index in [1.165, 1.54) is 12.1 Å². The molecule has 1 aromatic carbocycles. The Kier molecular flexibility index (Phi) is 7.40. The summed E-state index contributed by atoms with van der Waals surface area (Å²) in [5.74, 6) is -0.186. The highest BCUT2D eigenvalue weighted by molar-refractivity contribution is 7.89. The summed E-state index contributed by atoms with van der Waals surface area (Å²) in [6.45, 7) is 6.80. The van der Waals surface area contributed by atoms with Gasteiger partial charge in [0.25, 0.3) is 5.91 Å². The molecule has 1 amide bonds. The van der Waals surface area contributed by atoms with E-state index in [4.69, 9.17) is 0 Å².